The maximum Gasteiger partial charge on any atom is 0.226 e. The van der Waals surface area contributed by atoms with Gasteiger partial charge < -0.3 is 10.6 Å². The molecule has 0 aromatic heterocycles. The number of piperidine rings is 1. The van der Waals surface area contributed by atoms with E-state index in [-0.39, 0.29) is 23.7 Å². The van der Waals surface area contributed by atoms with E-state index in [0.717, 1.165) is 38.8 Å². The first kappa shape index (κ1) is 19.0. The maximum absolute atomic E-state index is 12.9. The van der Waals surface area contributed by atoms with E-state index in [1.54, 1.807) is 0 Å². The van der Waals surface area contributed by atoms with Gasteiger partial charge in [-0.25, -0.2) is 0 Å². The summed E-state index contributed by atoms with van der Waals surface area (Å²) >= 11 is 0. The van der Waals surface area contributed by atoms with Crippen molar-refractivity contribution in [1.82, 2.24) is 4.90 Å². The van der Waals surface area contributed by atoms with E-state index >= 15 is 0 Å². The van der Waals surface area contributed by atoms with Crippen LogP contribution < -0.4 is 5.73 Å². The van der Waals surface area contributed by atoms with Crippen LogP contribution in [-0.4, -0.2) is 30.4 Å². The molecule has 24 heavy (non-hydrogen) atoms. The predicted molar refractivity (Wildman–Crippen MR) is 101 cm³/mol. The van der Waals surface area contributed by atoms with Crippen LogP contribution in [0.4, 0.5) is 0 Å². The average molecular weight is 349 g/mol. The molecule has 2 atom stereocenters. The Morgan fingerprint density at radius 3 is 2.38 bits per heavy atom. The number of hydrogen-bond donors (Lipinski definition) is 1. The van der Waals surface area contributed by atoms with Crippen molar-refractivity contribution in [2.45, 2.75) is 38.0 Å². The zero-order chi connectivity index (χ0) is 16.3. The van der Waals surface area contributed by atoms with E-state index in [4.69, 9.17) is 5.73 Å². The van der Waals surface area contributed by atoms with E-state index in [1.807, 2.05) is 6.07 Å². The third kappa shape index (κ3) is 3.68. The number of benzene rings is 1. The SMILES string of the molecule is C[C@@H]1CC=CC[C@H]1C(=O)N1CCC(CN)(c2ccccc2)CC1.Cl. The smallest absolute Gasteiger partial charge is 0.226 e. The highest BCUT2D eigenvalue weighted by molar-refractivity contribution is 5.85. The monoisotopic (exact) mass is 348 g/mol. The molecule has 0 radical (unpaired) electrons. The first-order chi connectivity index (χ1) is 11.2. The van der Waals surface area contributed by atoms with Crippen LogP contribution >= 0.6 is 12.4 Å². The number of hydrogen-bond acceptors (Lipinski definition) is 2. The van der Waals surface area contributed by atoms with Gasteiger partial charge in [0.25, 0.3) is 0 Å². The standard InChI is InChI=1S/C20H28N2O.ClH/c1-16-7-5-6-10-18(16)19(23)22-13-11-20(15-21,12-14-22)17-8-3-2-4-9-17;/h2-6,8-9,16,18H,7,10-15,21H2,1H3;1H/t16-,18-;/m1./s1. The fourth-order valence-electron chi connectivity index (χ4n) is 4.09. The van der Waals surface area contributed by atoms with Crippen molar-refractivity contribution in [2.75, 3.05) is 19.6 Å². The molecule has 0 unspecified atom stereocenters. The Hall–Kier alpha value is -1.32. The second-order valence-electron chi connectivity index (χ2n) is 7.20. The summed E-state index contributed by atoms with van der Waals surface area (Å²) < 4.78 is 0. The first-order valence-corrected chi connectivity index (χ1v) is 8.86. The Morgan fingerprint density at radius 2 is 1.79 bits per heavy atom. The van der Waals surface area contributed by atoms with Crippen LogP contribution in [0.3, 0.4) is 0 Å². The molecule has 0 bridgehead atoms. The summed E-state index contributed by atoms with van der Waals surface area (Å²) in [7, 11) is 0. The second-order valence-corrected chi connectivity index (χ2v) is 7.20. The van der Waals surface area contributed by atoms with Gasteiger partial charge in [0.2, 0.25) is 5.91 Å². The summed E-state index contributed by atoms with van der Waals surface area (Å²) in [5.41, 5.74) is 7.50. The fraction of sp³-hybridized carbons (Fsp3) is 0.550. The van der Waals surface area contributed by atoms with Crippen LogP contribution in [-0.2, 0) is 10.2 Å². The van der Waals surface area contributed by atoms with Gasteiger partial charge in [0.1, 0.15) is 0 Å². The van der Waals surface area contributed by atoms with Crippen molar-refractivity contribution in [1.29, 1.82) is 0 Å². The third-order valence-corrected chi connectivity index (χ3v) is 5.88. The van der Waals surface area contributed by atoms with Gasteiger partial charge in [0.15, 0.2) is 0 Å². The highest BCUT2D eigenvalue weighted by atomic mass is 35.5. The van der Waals surface area contributed by atoms with Gasteiger partial charge in [-0.3, -0.25) is 4.79 Å². The van der Waals surface area contributed by atoms with E-state index in [1.165, 1.54) is 5.56 Å². The van der Waals surface area contributed by atoms with Crippen LogP contribution in [0.15, 0.2) is 42.5 Å². The number of carbonyl (C=O) groups excluding carboxylic acids is 1. The van der Waals surface area contributed by atoms with Gasteiger partial charge in [-0.1, -0.05) is 49.4 Å². The van der Waals surface area contributed by atoms with Gasteiger partial charge in [0, 0.05) is 31.0 Å². The van der Waals surface area contributed by atoms with Crippen molar-refractivity contribution in [3.05, 3.63) is 48.0 Å². The van der Waals surface area contributed by atoms with E-state index in [2.05, 4.69) is 48.2 Å². The molecular weight excluding hydrogens is 320 g/mol. The maximum atomic E-state index is 12.9. The topological polar surface area (TPSA) is 46.3 Å². The number of amides is 1. The van der Waals surface area contributed by atoms with Crippen molar-refractivity contribution < 1.29 is 4.79 Å². The minimum Gasteiger partial charge on any atom is -0.342 e. The molecule has 1 amide bonds. The van der Waals surface area contributed by atoms with E-state index in [9.17, 15) is 4.79 Å². The van der Waals surface area contributed by atoms with Gasteiger partial charge in [-0.15, -0.1) is 12.4 Å². The second kappa shape index (κ2) is 8.17. The number of halogens is 1. The van der Waals surface area contributed by atoms with Crippen LogP contribution in [0.1, 0.15) is 38.2 Å². The molecule has 1 fully saturated rings. The Bertz CT molecular complexity index is 564. The summed E-state index contributed by atoms with van der Waals surface area (Å²) in [5, 5.41) is 0. The first-order valence-electron chi connectivity index (χ1n) is 8.86. The highest BCUT2D eigenvalue weighted by Crippen LogP contribution is 2.36. The van der Waals surface area contributed by atoms with Gasteiger partial charge in [-0.2, -0.15) is 0 Å². The molecule has 0 spiro atoms. The largest absolute Gasteiger partial charge is 0.342 e. The lowest BCUT2D eigenvalue weighted by molar-refractivity contribution is -0.138. The summed E-state index contributed by atoms with van der Waals surface area (Å²) in [4.78, 5) is 14.9. The quantitative estimate of drug-likeness (QED) is 0.849. The van der Waals surface area contributed by atoms with Crippen LogP contribution in [0, 0.1) is 11.8 Å². The van der Waals surface area contributed by atoms with Crippen molar-refractivity contribution in [3.63, 3.8) is 0 Å². The molecule has 0 saturated carbocycles. The molecule has 3 nitrogen and oxygen atoms in total. The minimum absolute atomic E-state index is 0. The van der Waals surface area contributed by atoms with Gasteiger partial charge >= 0.3 is 0 Å². The van der Waals surface area contributed by atoms with Crippen LogP contribution in [0.2, 0.25) is 0 Å². The van der Waals surface area contributed by atoms with Gasteiger partial charge in [0.05, 0.1) is 0 Å². The van der Waals surface area contributed by atoms with Crippen LogP contribution in [0.5, 0.6) is 0 Å². The molecule has 132 valence electrons. The van der Waals surface area contributed by atoms with E-state index < -0.39 is 0 Å². The number of likely N-dealkylation sites (tertiary alicyclic amines) is 1. The zero-order valence-corrected chi connectivity index (χ0v) is 15.3. The minimum atomic E-state index is 0. The molecule has 4 heteroatoms. The number of allylic oxidation sites excluding steroid dienone is 2. The Balaban J connectivity index is 0.00000208. The molecule has 1 aliphatic heterocycles. The summed E-state index contributed by atoms with van der Waals surface area (Å²) in [5.74, 6) is 0.977. The fourth-order valence-corrected chi connectivity index (χ4v) is 4.09. The van der Waals surface area contributed by atoms with Crippen molar-refractivity contribution >= 4 is 18.3 Å². The Kier molecular flexibility index (Phi) is 6.47. The summed E-state index contributed by atoms with van der Waals surface area (Å²) in [6, 6.07) is 10.6. The Morgan fingerprint density at radius 1 is 1.17 bits per heavy atom. The molecule has 1 aliphatic carbocycles. The molecule has 1 saturated heterocycles. The molecule has 1 aromatic rings. The summed E-state index contributed by atoms with van der Waals surface area (Å²) in [6.07, 6.45) is 8.24. The third-order valence-electron chi connectivity index (χ3n) is 5.88. The van der Waals surface area contributed by atoms with E-state index in [0.29, 0.717) is 18.4 Å². The highest BCUT2D eigenvalue weighted by Gasteiger charge is 2.38. The van der Waals surface area contributed by atoms with Crippen molar-refractivity contribution in [3.8, 4) is 0 Å². The molecular formula is C20H29ClN2O. The van der Waals surface area contributed by atoms with Gasteiger partial charge in [-0.05, 0) is 37.2 Å². The molecule has 1 heterocycles. The van der Waals surface area contributed by atoms with Crippen molar-refractivity contribution in [2.24, 2.45) is 17.6 Å². The molecule has 2 aliphatic rings. The lowest BCUT2D eigenvalue weighted by atomic mass is 9.72. The lowest BCUT2D eigenvalue weighted by Gasteiger charge is -2.43. The zero-order valence-electron chi connectivity index (χ0n) is 14.5. The predicted octanol–water partition coefficient (Wildman–Crippen LogP) is 3.53. The van der Waals surface area contributed by atoms with Crippen LogP contribution in [0.25, 0.3) is 0 Å². The Labute approximate surface area is 151 Å². The summed E-state index contributed by atoms with van der Waals surface area (Å²) in [6.45, 7) is 4.52. The number of nitrogens with zero attached hydrogens (tertiary/aromatic N) is 1. The normalized spacial score (nSPS) is 25.8. The number of carbonyl (C=O) groups is 1. The molecule has 2 N–H and O–H groups in total. The lowest BCUT2D eigenvalue weighted by Crippen LogP contribution is -2.50. The number of rotatable bonds is 3. The number of nitrogens with two attached hydrogens (primary N) is 1. The average Bonchev–Trinajstić information content (AvgIpc) is 2.62. The molecule has 3 rings (SSSR count). The molecule has 1 aromatic carbocycles.